The molecular weight excluding hydrogens is 408 g/mol. The maximum atomic E-state index is 12.1. The largest absolute Gasteiger partial charge is 0.468 e. The highest BCUT2D eigenvalue weighted by atomic mass is 19.4. The van der Waals surface area contributed by atoms with E-state index in [2.05, 4.69) is 25.3 Å². The van der Waals surface area contributed by atoms with Crippen molar-refractivity contribution in [2.24, 2.45) is 0 Å². The molecule has 0 aliphatic rings. The molecule has 0 fully saturated rings. The van der Waals surface area contributed by atoms with E-state index in [1.807, 2.05) is 0 Å². The number of carbonyl (C=O) groups is 2. The van der Waals surface area contributed by atoms with Gasteiger partial charge in [0.2, 0.25) is 5.88 Å². The molecule has 166 valence electrons. The minimum absolute atomic E-state index is 0.113. The van der Waals surface area contributed by atoms with Crippen molar-refractivity contribution in [3.8, 4) is 5.88 Å². The number of alkyl halides is 4. The summed E-state index contributed by atoms with van der Waals surface area (Å²) in [6.45, 7) is 1.87. The van der Waals surface area contributed by atoms with E-state index in [1.165, 1.54) is 19.2 Å². The SMILES string of the molecule is CC=O.CF.CNc1cc(C(=O)NCc2ccc(OCC(F)(F)F)nc2C)ccn1. The number of pyridine rings is 2. The van der Waals surface area contributed by atoms with Crippen LogP contribution in [0, 0.1) is 6.92 Å². The number of aldehydes is 1. The molecule has 0 aliphatic carbocycles. The maximum Gasteiger partial charge on any atom is 0.422 e. The molecule has 11 heteroatoms. The Morgan fingerprint density at radius 3 is 2.40 bits per heavy atom. The van der Waals surface area contributed by atoms with Gasteiger partial charge >= 0.3 is 6.18 Å². The molecule has 2 heterocycles. The fraction of sp³-hybridized carbons (Fsp3) is 0.368. The van der Waals surface area contributed by atoms with Crippen molar-refractivity contribution in [1.82, 2.24) is 15.3 Å². The van der Waals surface area contributed by atoms with Crippen LogP contribution in [0.15, 0.2) is 30.5 Å². The van der Waals surface area contributed by atoms with Crippen molar-refractivity contribution in [3.63, 3.8) is 0 Å². The Morgan fingerprint density at radius 2 is 1.87 bits per heavy atom. The van der Waals surface area contributed by atoms with Crippen LogP contribution in [0.5, 0.6) is 5.88 Å². The lowest BCUT2D eigenvalue weighted by molar-refractivity contribution is -0.154. The third-order valence-corrected chi connectivity index (χ3v) is 3.27. The van der Waals surface area contributed by atoms with Crippen molar-refractivity contribution in [3.05, 3.63) is 47.3 Å². The first-order chi connectivity index (χ1) is 14.2. The van der Waals surface area contributed by atoms with E-state index in [-0.39, 0.29) is 18.3 Å². The van der Waals surface area contributed by atoms with Crippen molar-refractivity contribution < 1.29 is 31.9 Å². The highest BCUT2D eigenvalue weighted by Gasteiger charge is 2.28. The average Bonchev–Trinajstić information content (AvgIpc) is 2.73. The second kappa shape index (κ2) is 13.9. The minimum Gasteiger partial charge on any atom is -0.468 e. The summed E-state index contributed by atoms with van der Waals surface area (Å²) in [5.41, 5.74) is 1.59. The number of hydrogen-bond acceptors (Lipinski definition) is 6. The number of aryl methyl sites for hydroxylation is 1. The maximum absolute atomic E-state index is 12.1. The van der Waals surface area contributed by atoms with Gasteiger partial charge in [0, 0.05) is 37.1 Å². The quantitative estimate of drug-likeness (QED) is 0.536. The molecule has 2 N–H and O–H groups in total. The Labute approximate surface area is 171 Å². The number of rotatable bonds is 6. The van der Waals surface area contributed by atoms with E-state index < -0.39 is 12.8 Å². The van der Waals surface area contributed by atoms with E-state index in [1.54, 1.807) is 32.2 Å². The van der Waals surface area contributed by atoms with Gasteiger partial charge in [-0.1, -0.05) is 6.07 Å². The molecule has 2 rings (SSSR count). The predicted octanol–water partition coefficient (Wildman–Crippen LogP) is 3.49. The first-order valence-corrected chi connectivity index (χ1v) is 8.55. The Balaban J connectivity index is 0.00000154. The van der Waals surface area contributed by atoms with Gasteiger partial charge in [-0.15, -0.1) is 0 Å². The van der Waals surface area contributed by atoms with Crippen molar-refractivity contribution >= 4 is 18.0 Å². The summed E-state index contributed by atoms with van der Waals surface area (Å²) in [4.78, 5) is 28.9. The lowest BCUT2D eigenvalue weighted by Gasteiger charge is -2.11. The number of nitrogens with zero attached hydrogens (tertiary/aromatic N) is 2. The summed E-state index contributed by atoms with van der Waals surface area (Å²) in [6, 6.07) is 6.09. The second-order valence-corrected chi connectivity index (χ2v) is 5.40. The van der Waals surface area contributed by atoms with Gasteiger partial charge in [0.1, 0.15) is 12.1 Å². The molecule has 0 aliphatic heterocycles. The zero-order valence-electron chi connectivity index (χ0n) is 17.0. The molecule has 2 aromatic heterocycles. The van der Waals surface area contributed by atoms with Gasteiger partial charge < -0.3 is 20.2 Å². The number of nitrogens with one attached hydrogen (secondary N) is 2. The second-order valence-electron chi connectivity index (χ2n) is 5.40. The van der Waals surface area contributed by atoms with Gasteiger partial charge in [-0.3, -0.25) is 9.18 Å². The molecule has 2 aromatic rings. The Hall–Kier alpha value is -3.24. The predicted molar refractivity (Wildman–Crippen MR) is 104 cm³/mol. The van der Waals surface area contributed by atoms with Crippen LogP contribution in [0.3, 0.4) is 0 Å². The van der Waals surface area contributed by atoms with Gasteiger partial charge in [0.25, 0.3) is 5.91 Å². The van der Waals surface area contributed by atoms with Gasteiger partial charge in [-0.25, -0.2) is 9.97 Å². The van der Waals surface area contributed by atoms with Crippen molar-refractivity contribution in [2.45, 2.75) is 26.6 Å². The number of aromatic nitrogens is 2. The Kier molecular flexibility index (Phi) is 12.4. The fourth-order valence-electron chi connectivity index (χ4n) is 1.98. The summed E-state index contributed by atoms with van der Waals surface area (Å²) in [5, 5.41) is 5.57. The summed E-state index contributed by atoms with van der Waals surface area (Å²) >= 11 is 0. The number of hydrogen-bond donors (Lipinski definition) is 2. The molecule has 1 amide bonds. The van der Waals surface area contributed by atoms with Crippen LogP contribution in [-0.4, -0.2) is 49.2 Å². The molecule has 0 atom stereocenters. The smallest absolute Gasteiger partial charge is 0.422 e. The Bertz CT molecular complexity index is 802. The minimum atomic E-state index is -4.42. The lowest BCUT2D eigenvalue weighted by Crippen LogP contribution is -2.23. The van der Waals surface area contributed by atoms with Gasteiger partial charge in [0.15, 0.2) is 6.61 Å². The van der Waals surface area contributed by atoms with Crippen molar-refractivity contribution in [1.29, 1.82) is 0 Å². The summed E-state index contributed by atoms with van der Waals surface area (Å²) in [7, 11) is 2.20. The van der Waals surface area contributed by atoms with Crippen LogP contribution in [0.25, 0.3) is 0 Å². The topological polar surface area (TPSA) is 93.2 Å². The van der Waals surface area contributed by atoms with Crippen LogP contribution < -0.4 is 15.4 Å². The van der Waals surface area contributed by atoms with E-state index in [0.29, 0.717) is 29.8 Å². The van der Waals surface area contributed by atoms with Gasteiger partial charge in [0.05, 0.1) is 7.18 Å². The number of halogens is 4. The molecule has 0 saturated heterocycles. The summed E-state index contributed by atoms with van der Waals surface area (Å²) in [6.07, 6.45) is -2.15. The fourth-order valence-corrected chi connectivity index (χ4v) is 1.98. The molecule has 0 spiro atoms. The molecule has 0 unspecified atom stereocenters. The third kappa shape index (κ3) is 10.3. The van der Waals surface area contributed by atoms with E-state index >= 15 is 0 Å². The average molecular weight is 432 g/mol. The monoisotopic (exact) mass is 432 g/mol. The van der Waals surface area contributed by atoms with Gasteiger partial charge in [-0.05, 0) is 31.5 Å². The van der Waals surface area contributed by atoms with Crippen LogP contribution in [-0.2, 0) is 11.3 Å². The lowest BCUT2D eigenvalue weighted by atomic mass is 10.2. The molecule has 0 aromatic carbocycles. The first kappa shape index (κ1) is 26.8. The summed E-state index contributed by atoms with van der Waals surface area (Å²) in [5.74, 6) is 0.157. The molecular formula is C19H24F4N4O3. The van der Waals surface area contributed by atoms with Crippen LogP contribution in [0.1, 0.15) is 28.5 Å². The number of anilines is 1. The molecule has 30 heavy (non-hydrogen) atoms. The first-order valence-electron chi connectivity index (χ1n) is 8.55. The third-order valence-electron chi connectivity index (χ3n) is 3.27. The molecule has 0 radical (unpaired) electrons. The van der Waals surface area contributed by atoms with Crippen LogP contribution in [0.2, 0.25) is 0 Å². The Morgan fingerprint density at radius 1 is 1.23 bits per heavy atom. The van der Waals surface area contributed by atoms with Crippen LogP contribution in [0.4, 0.5) is 23.4 Å². The van der Waals surface area contributed by atoms with E-state index in [0.717, 1.165) is 6.29 Å². The highest BCUT2D eigenvalue weighted by molar-refractivity contribution is 5.94. The zero-order valence-corrected chi connectivity index (χ0v) is 17.0. The van der Waals surface area contributed by atoms with E-state index in [9.17, 15) is 22.4 Å². The molecule has 0 bridgehead atoms. The van der Waals surface area contributed by atoms with Crippen LogP contribution >= 0.6 is 0 Å². The zero-order chi connectivity index (χ0) is 23.2. The van der Waals surface area contributed by atoms with E-state index in [4.69, 9.17) is 4.79 Å². The number of carbonyl (C=O) groups excluding carboxylic acids is 2. The van der Waals surface area contributed by atoms with Crippen molar-refractivity contribution in [2.75, 3.05) is 26.1 Å². The number of ether oxygens (including phenoxy) is 1. The standard InChI is InChI=1S/C16H17F3N4O2.C2H4O.CH3F/c1-10-12(3-4-14(23-10)25-9-16(17,18)19)8-22-15(24)11-5-6-21-13(7-11)20-2;1-2-3;1-2/h3-7H,8-9H2,1-2H3,(H,20,21)(H,22,24);2H,1H3;1H3. The number of amides is 1. The molecule has 7 nitrogen and oxygen atoms in total. The normalized spacial score (nSPS) is 9.87. The van der Waals surface area contributed by atoms with Gasteiger partial charge in [-0.2, -0.15) is 13.2 Å². The molecule has 0 saturated carbocycles. The highest BCUT2D eigenvalue weighted by Crippen LogP contribution is 2.18. The summed E-state index contributed by atoms with van der Waals surface area (Å²) < 4.78 is 50.5.